The number of thiazole rings is 1. The van der Waals surface area contributed by atoms with Gasteiger partial charge >= 0.3 is 0 Å². The van der Waals surface area contributed by atoms with E-state index in [2.05, 4.69) is 25.8 Å². The maximum absolute atomic E-state index is 10.5. The summed E-state index contributed by atoms with van der Waals surface area (Å²) in [5, 5.41) is 13.4. The molecule has 0 saturated carbocycles. The quantitative estimate of drug-likeness (QED) is 0.928. The average Bonchev–Trinajstić information content (AvgIpc) is 2.88. The van der Waals surface area contributed by atoms with Crippen molar-refractivity contribution in [1.29, 1.82) is 0 Å². The normalized spacial score (nSPS) is 13.2. The molecule has 108 valence electrons. The molecule has 0 bridgehead atoms. The summed E-state index contributed by atoms with van der Waals surface area (Å²) in [7, 11) is 0. The Labute approximate surface area is 124 Å². The van der Waals surface area contributed by atoms with Crippen molar-refractivity contribution < 1.29 is 9.84 Å². The molecule has 0 aliphatic rings. The highest BCUT2D eigenvalue weighted by molar-refractivity contribution is 7.09. The number of rotatable bonds is 4. The third-order valence-corrected chi connectivity index (χ3v) is 4.21. The number of hydrogen-bond acceptors (Lipinski definition) is 4. The molecule has 4 heteroatoms. The van der Waals surface area contributed by atoms with Crippen LogP contribution in [0.1, 0.15) is 50.1 Å². The second-order valence-electron chi connectivity index (χ2n) is 5.74. The fraction of sp³-hybridized carbons (Fsp3) is 0.438. The van der Waals surface area contributed by atoms with E-state index in [4.69, 9.17) is 4.74 Å². The first-order chi connectivity index (χ1) is 9.41. The second-order valence-corrected chi connectivity index (χ2v) is 6.59. The Kier molecular flexibility index (Phi) is 4.45. The van der Waals surface area contributed by atoms with E-state index >= 15 is 0 Å². The smallest absolute Gasteiger partial charge is 0.122 e. The van der Waals surface area contributed by atoms with Crippen molar-refractivity contribution in [2.75, 3.05) is 6.61 Å². The topological polar surface area (TPSA) is 42.4 Å². The first-order valence-electron chi connectivity index (χ1n) is 6.78. The molecule has 1 atom stereocenters. The van der Waals surface area contributed by atoms with Gasteiger partial charge in [-0.15, -0.1) is 11.3 Å². The monoisotopic (exact) mass is 291 g/mol. The van der Waals surface area contributed by atoms with Gasteiger partial charge in [-0.05, 0) is 24.6 Å². The Bertz CT molecular complexity index is 572. The highest BCUT2D eigenvalue weighted by Crippen LogP contribution is 2.30. The number of hydrogen-bond donors (Lipinski definition) is 1. The Morgan fingerprint density at radius 3 is 2.70 bits per heavy atom. The number of aromatic nitrogens is 1. The maximum atomic E-state index is 10.5. The minimum absolute atomic E-state index is 0.00973. The van der Waals surface area contributed by atoms with Gasteiger partial charge in [-0.1, -0.05) is 32.9 Å². The molecule has 1 aromatic heterocycles. The Morgan fingerprint density at radius 2 is 2.10 bits per heavy atom. The van der Waals surface area contributed by atoms with Crippen LogP contribution in [0.25, 0.3) is 0 Å². The van der Waals surface area contributed by atoms with E-state index in [0.29, 0.717) is 12.3 Å². The highest BCUT2D eigenvalue weighted by Gasteiger charge is 2.21. The Morgan fingerprint density at radius 1 is 1.35 bits per heavy atom. The lowest BCUT2D eigenvalue weighted by Gasteiger charge is -2.14. The van der Waals surface area contributed by atoms with Crippen molar-refractivity contribution in [3.63, 3.8) is 0 Å². The van der Waals surface area contributed by atoms with Crippen molar-refractivity contribution in [3.05, 3.63) is 45.9 Å². The summed E-state index contributed by atoms with van der Waals surface area (Å²) in [6.07, 6.45) is -0.706. The van der Waals surface area contributed by atoms with Crippen molar-refractivity contribution in [2.24, 2.45) is 0 Å². The Hall–Kier alpha value is -1.39. The van der Waals surface area contributed by atoms with Gasteiger partial charge in [-0.2, -0.15) is 0 Å². The minimum atomic E-state index is -0.706. The number of ether oxygens (including phenoxy) is 1. The van der Waals surface area contributed by atoms with E-state index in [0.717, 1.165) is 16.3 Å². The largest absolute Gasteiger partial charge is 0.494 e. The zero-order valence-electron chi connectivity index (χ0n) is 12.4. The van der Waals surface area contributed by atoms with E-state index in [1.54, 1.807) is 11.3 Å². The van der Waals surface area contributed by atoms with Crippen LogP contribution in [0.15, 0.2) is 29.6 Å². The summed E-state index contributed by atoms with van der Waals surface area (Å²) in [4.78, 5) is 4.56. The van der Waals surface area contributed by atoms with Gasteiger partial charge < -0.3 is 9.84 Å². The summed E-state index contributed by atoms with van der Waals surface area (Å²) in [6.45, 7) is 8.93. The number of aliphatic hydroxyl groups excluding tert-OH is 1. The fourth-order valence-corrected chi connectivity index (χ4v) is 2.79. The van der Waals surface area contributed by atoms with Crippen molar-refractivity contribution >= 4 is 11.3 Å². The van der Waals surface area contributed by atoms with Crippen LogP contribution in [0.3, 0.4) is 0 Å². The van der Waals surface area contributed by atoms with Crippen molar-refractivity contribution in [2.45, 2.75) is 39.2 Å². The maximum Gasteiger partial charge on any atom is 0.122 e. The van der Waals surface area contributed by atoms with Gasteiger partial charge in [0.1, 0.15) is 11.9 Å². The summed E-state index contributed by atoms with van der Waals surface area (Å²) >= 11 is 1.59. The highest BCUT2D eigenvalue weighted by atomic mass is 32.1. The predicted octanol–water partition coefficient (Wildman–Crippen LogP) is 3.92. The van der Waals surface area contributed by atoms with Crippen LogP contribution in [0.2, 0.25) is 0 Å². The van der Waals surface area contributed by atoms with Gasteiger partial charge in [0.05, 0.1) is 17.3 Å². The van der Waals surface area contributed by atoms with Gasteiger partial charge in [0.2, 0.25) is 0 Å². The first kappa shape index (κ1) is 15.0. The predicted molar refractivity (Wildman–Crippen MR) is 82.5 cm³/mol. The minimum Gasteiger partial charge on any atom is -0.494 e. The molecule has 0 spiro atoms. The van der Waals surface area contributed by atoms with E-state index in [1.165, 1.54) is 0 Å². The molecule has 0 aliphatic carbocycles. The molecule has 1 aromatic carbocycles. The fourth-order valence-electron chi connectivity index (χ4n) is 1.87. The van der Waals surface area contributed by atoms with E-state index < -0.39 is 6.10 Å². The molecular formula is C16H21NO2S. The van der Waals surface area contributed by atoms with Crippen LogP contribution >= 0.6 is 11.3 Å². The molecule has 0 radical (unpaired) electrons. The lowest BCUT2D eigenvalue weighted by molar-refractivity contribution is 0.215. The average molecular weight is 291 g/mol. The SMILES string of the molecule is CCOc1cccc(C(O)c2csc(C(C)(C)C)n2)c1. The zero-order chi connectivity index (χ0) is 14.8. The van der Waals surface area contributed by atoms with Gasteiger partial charge in [0, 0.05) is 10.8 Å². The molecule has 2 rings (SSSR count). The summed E-state index contributed by atoms with van der Waals surface area (Å²) in [5.74, 6) is 0.773. The molecule has 0 amide bonds. The molecule has 2 aromatic rings. The molecule has 0 aliphatic heterocycles. The van der Waals surface area contributed by atoms with E-state index in [-0.39, 0.29) is 5.41 Å². The molecule has 0 fully saturated rings. The van der Waals surface area contributed by atoms with Gasteiger partial charge in [-0.25, -0.2) is 4.98 Å². The van der Waals surface area contributed by atoms with Crippen LogP contribution in [0, 0.1) is 0 Å². The molecule has 20 heavy (non-hydrogen) atoms. The first-order valence-corrected chi connectivity index (χ1v) is 7.66. The number of aliphatic hydroxyl groups is 1. The lowest BCUT2D eigenvalue weighted by atomic mass is 9.98. The van der Waals surface area contributed by atoms with Crippen LogP contribution in [-0.4, -0.2) is 16.7 Å². The number of nitrogens with zero attached hydrogens (tertiary/aromatic N) is 1. The molecule has 1 heterocycles. The third kappa shape index (κ3) is 3.38. The molecule has 0 saturated heterocycles. The standard InChI is InChI=1S/C16H21NO2S/c1-5-19-12-8-6-7-11(9-12)14(18)13-10-20-15(17-13)16(2,3)4/h6-10,14,18H,5H2,1-4H3. The lowest BCUT2D eigenvalue weighted by Crippen LogP contribution is -2.11. The summed E-state index contributed by atoms with van der Waals surface area (Å²) in [6, 6.07) is 7.54. The van der Waals surface area contributed by atoms with Gasteiger partial charge in [0.15, 0.2) is 0 Å². The van der Waals surface area contributed by atoms with Crippen molar-refractivity contribution in [1.82, 2.24) is 4.98 Å². The summed E-state index contributed by atoms with van der Waals surface area (Å²) in [5.41, 5.74) is 1.52. The van der Waals surface area contributed by atoms with Crippen LogP contribution in [-0.2, 0) is 5.41 Å². The molecular weight excluding hydrogens is 270 g/mol. The summed E-state index contributed by atoms with van der Waals surface area (Å²) < 4.78 is 5.46. The third-order valence-electron chi connectivity index (χ3n) is 2.93. The van der Waals surface area contributed by atoms with E-state index in [9.17, 15) is 5.11 Å². The van der Waals surface area contributed by atoms with Crippen LogP contribution in [0.4, 0.5) is 0 Å². The molecule has 1 unspecified atom stereocenters. The number of benzene rings is 1. The second kappa shape index (κ2) is 5.94. The van der Waals surface area contributed by atoms with Crippen molar-refractivity contribution in [3.8, 4) is 5.75 Å². The van der Waals surface area contributed by atoms with Crippen LogP contribution < -0.4 is 4.74 Å². The molecule has 1 N–H and O–H groups in total. The Balaban J connectivity index is 2.24. The van der Waals surface area contributed by atoms with Gasteiger partial charge in [-0.3, -0.25) is 0 Å². The van der Waals surface area contributed by atoms with Gasteiger partial charge in [0.25, 0.3) is 0 Å². The van der Waals surface area contributed by atoms with Crippen LogP contribution in [0.5, 0.6) is 5.75 Å². The molecule has 3 nitrogen and oxygen atoms in total. The zero-order valence-corrected chi connectivity index (χ0v) is 13.2. The van der Waals surface area contributed by atoms with E-state index in [1.807, 2.05) is 36.6 Å².